The second-order valence-corrected chi connectivity index (χ2v) is 6.45. The molecule has 0 N–H and O–H groups in total. The Bertz CT molecular complexity index is 303. The van der Waals surface area contributed by atoms with Crippen LogP contribution in [0.25, 0.3) is 0 Å². The molecule has 2 fully saturated rings. The monoisotopic (exact) mass is 254 g/mol. The molecule has 0 aromatic carbocycles. The SMILES string of the molecule is COC(=O)C1CCN1C1CCN(C(C)(C)C)CC1. The van der Waals surface area contributed by atoms with Crippen LogP contribution >= 0.6 is 0 Å². The zero-order valence-electron chi connectivity index (χ0n) is 12.1. The van der Waals surface area contributed by atoms with Gasteiger partial charge in [0, 0.05) is 31.2 Å². The number of nitrogens with zero attached hydrogens (tertiary/aromatic N) is 2. The summed E-state index contributed by atoms with van der Waals surface area (Å²) in [6.45, 7) is 10.1. The molecule has 0 aliphatic carbocycles. The van der Waals surface area contributed by atoms with Crippen molar-refractivity contribution < 1.29 is 9.53 Å². The Kier molecular flexibility index (Phi) is 3.97. The van der Waals surface area contributed by atoms with Gasteiger partial charge in [-0.15, -0.1) is 0 Å². The molecule has 0 aromatic heterocycles. The second-order valence-electron chi connectivity index (χ2n) is 6.45. The predicted octanol–water partition coefficient (Wildman–Crippen LogP) is 1.50. The molecule has 2 saturated heterocycles. The van der Waals surface area contributed by atoms with Gasteiger partial charge in [0.1, 0.15) is 6.04 Å². The third-order valence-electron chi connectivity index (χ3n) is 4.42. The Morgan fingerprint density at radius 1 is 1.11 bits per heavy atom. The van der Waals surface area contributed by atoms with E-state index in [0.29, 0.717) is 6.04 Å². The number of esters is 1. The van der Waals surface area contributed by atoms with Gasteiger partial charge in [-0.05, 0) is 40.0 Å². The van der Waals surface area contributed by atoms with Crippen LogP contribution in [-0.2, 0) is 9.53 Å². The van der Waals surface area contributed by atoms with E-state index >= 15 is 0 Å². The minimum atomic E-state index is -0.0560. The van der Waals surface area contributed by atoms with E-state index in [1.807, 2.05) is 0 Å². The fourth-order valence-corrected chi connectivity index (χ4v) is 3.10. The standard InChI is InChI=1S/C14H26N2O2/c1-14(2,3)15-8-5-11(6-9-15)16-10-7-12(16)13(17)18-4/h11-12H,5-10H2,1-4H3. The summed E-state index contributed by atoms with van der Waals surface area (Å²) < 4.78 is 4.86. The number of piperidine rings is 1. The van der Waals surface area contributed by atoms with Crippen LogP contribution in [0.4, 0.5) is 0 Å². The van der Waals surface area contributed by atoms with Crippen LogP contribution in [0.2, 0.25) is 0 Å². The van der Waals surface area contributed by atoms with Crippen molar-refractivity contribution in [3.63, 3.8) is 0 Å². The Labute approximate surface area is 110 Å². The topological polar surface area (TPSA) is 32.8 Å². The minimum absolute atomic E-state index is 0.0289. The molecular weight excluding hydrogens is 228 g/mol. The zero-order valence-corrected chi connectivity index (χ0v) is 12.1. The number of rotatable bonds is 2. The van der Waals surface area contributed by atoms with Crippen LogP contribution in [0.3, 0.4) is 0 Å². The third kappa shape index (κ3) is 2.69. The number of ether oxygens (including phenoxy) is 1. The summed E-state index contributed by atoms with van der Waals surface area (Å²) in [4.78, 5) is 16.5. The molecule has 2 rings (SSSR count). The van der Waals surface area contributed by atoms with E-state index in [1.54, 1.807) is 0 Å². The highest BCUT2D eigenvalue weighted by Gasteiger charge is 2.41. The highest BCUT2D eigenvalue weighted by atomic mass is 16.5. The lowest BCUT2D eigenvalue weighted by Gasteiger charge is -2.49. The fourth-order valence-electron chi connectivity index (χ4n) is 3.10. The molecule has 0 aromatic rings. The molecule has 2 aliphatic rings. The summed E-state index contributed by atoms with van der Waals surface area (Å²) in [5.74, 6) is -0.0560. The number of carbonyl (C=O) groups excluding carboxylic acids is 1. The van der Waals surface area contributed by atoms with Gasteiger partial charge in [0.15, 0.2) is 0 Å². The van der Waals surface area contributed by atoms with Crippen LogP contribution in [0, 0.1) is 0 Å². The normalized spacial score (nSPS) is 27.9. The molecule has 1 unspecified atom stereocenters. The molecule has 18 heavy (non-hydrogen) atoms. The van der Waals surface area contributed by atoms with E-state index in [2.05, 4.69) is 30.6 Å². The molecule has 4 heteroatoms. The summed E-state index contributed by atoms with van der Waals surface area (Å²) in [5.41, 5.74) is 0.266. The van der Waals surface area contributed by atoms with Crippen molar-refractivity contribution in [1.82, 2.24) is 9.80 Å². The first-order valence-electron chi connectivity index (χ1n) is 7.02. The maximum absolute atomic E-state index is 11.6. The lowest BCUT2D eigenvalue weighted by Crippen LogP contribution is -2.60. The third-order valence-corrected chi connectivity index (χ3v) is 4.42. The average Bonchev–Trinajstić information content (AvgIpc) is 2.27. The number of methoxy groups -OCH3 is 1. The first-order chi connectivity index (χ1) is 8.43. The molecule has 0 radical (unpaired) electrons. The minimum Gasteiger partial charge on any atom is -0.468 e. The van der Waals surface area contributed by atoms with E-state index < -0.39 is 0 Å². The Morgan fingerprint density at radius 3 is 2.11 bits per heavy atom. The first kappa shape index (κ1) is 13.8. The highest BCUT2D eigenvalue weighted by Crippen LogP contribution is 2.29. The number of likely N-dealkylation sites (tertiary alicyclic amines) is 2. The van der Waals surface area contributed by atoms with Gasteiger partial charge < -0.3 is 4.74 Å². The van der Waals surface area contributed by atoms with Crippen molar-refractivity contribution in [3.05, 3.63) is 0 Å². The molecule has 104 valence electrons. The Morgan fingerprint density at radius 2 is 1.72 bits per heavy atom. The fraction of sp³-hybridized carbons (Fsp3) is 0.929. The van der Waals surface area contributed by atoms with Crippen LogP contribution in [0.5, 0.6) is 0 Å². The molecule has 0 saturated carbocycles. The second kappa shape index (κ2) is 5.17. The molecule has 4 nitrogen and oxygen atoms in total. The van der Waals surface area contributed by atoms with Crippen LogP contribution < -0.4 is 0 Å². The van der Waals surface area contributed by atoms with Crippen LogP contribution in [-0.4, -0.2) is 60.1 Å². The maximum Gasteiger partial charge on any atom is 0.323 e. The Balaban J connectivity index is 1.85. The molecular formula is C14H26N2O2. The molecule has 1 atom stereocenters. The summed E-state index contributed by atoms with van der Waals surface area (Å²) in [7, 11) is 1.49. The van der Waals surface area contributed by atoms with Gasteiger partial charge in [0.25, 0.3) is 0 Å². The van der Waals surface area contributed by atoms with Gasteiger partial charge in [-0.3, -0.25) is 14.6 Å². The molecule has 0 spiro atoms. The van der Waals surface area contributed by atoms with Gasteiger partial charge in [0.05, 0.1) is 7.11 Å². The number of hydrogen-bond acceptors (Lipinski definition) is 4. The number of hydrogen-bond donors (Lipinski definition) is 0. The quantitative estimate of drug-likeness (QED) is 0.699. The lowest BCUT2D eigenvalue weighted by molar-refractivity contribution is -0.155. The van der Waals surface area contributed by atoms with Gasteiger partial charge in [-0.1, -0.05) is 0 Å². The largest absolute Gasteiger partial charge is 0.468 e. The smallest absolute Gasteiger partial charge is 0.323 e. The van der Waals surface area contributed by atoms with E-state index in [9.17, 15) is 4.79 Å². The van der Waals surface area contributed by atoms with Crippen molar-refractivity contribution in [3.8, 4) is 0 Å². The lowest BCUT2D eigenvalue weighted by atomic mass is 9.92. The molecule has 2 aliphatic heterocycles. The van der Waals surface area contributed by atoms with Crippen molar-refractivity contribution >= 4 is 5.97 Å². The average molecular weight is 254 g/mol. The predicted molar refractivity (Wildman–Crippen MR) is 71.5 cm³/mol. The number of carbonyl (C=O) groups is 1. The van der Waals surface area contributed by atoms with Crippen molar-refractivity contribution in [1.29, 1.82) is 0 Å². The van der Waals surface area contributed by atoms with Crippen molar-refractivity contribution in [2.24, 2.45) is 0 Å². The molecule has 0 amide bonds. The van der Waals surface area contributed by atoms with E-state index in [-0.39, 0.29) is 17.6 Å². The molecule has 0 bridgehead atoms. The van der Waals surface area contributed by atoms with Gasteiger partial charge in [-0.2, -0.15) is 0 Å². The highest BCUT2D eigenvalue weighted by molar-refractivity contribution is 5.76. The Hall–Kier alpha value is -0.610. The summed E-state index contributed by atoms with van der Waals surface area (Å²) in [6.07, 6.45) is 3.31. The van der Waals surface area contributed by atoms with Gasteiger partial charge >= 0.3 is 5.97 Å². The summed E-state index contributed by atoms with van der Waals surface area (Å²) in [6, 6.07) is 0.600. The van der Waals surface area contributed by atoms with Crippen molar-refractivity contribution in [2.45, 2.75) is 57.7 Å². The zero-order chi connectivity index (χ0) is 13.3. The van der Waals surface area contributed by atoms with Gasteiger partial charge in [-0.25, -0.2) is 0 Å². The molecule has 2 heterocycles. The first-order valence-corrected chi connectivity index (χ1v) is 7.02. The summed E-state index contributed by atoms with van der Waals surface area (Å²) >= 11 is 0. The van der Waals surface area contributed by atoms with Crippen LogP contribution in [0.1, 0.15) is 40.0 Å². The van der Waals surface area contributed by atoms with Crippen LogP contribution in [0.15, 0.2) is 0 Å². The van der Waals surface area contributed by atoms with E-state index in [0.717, 1.165) is 26.1 Å². The van der Waals surface area contributed by atoms with Gasteiger partial charge in [0.2, 0.25) is 0 Å². The van der Waals surface area contributed by atoms with E-state index in [1.165, 1.54) is 20.0 Å². The van der Waals surface area contributed by atoms with E-state index in [4.69, 9.17) is 4.74 Å². The summed E-state index contributed by atoms with van der Waals surface area (Å²) in [5, 5.41) is 0. The van der Waals surface area contributed by atoms with Crippen molar-refractivity contribution in [2.75, 3.05) is 26.7 Å². The maximum atomic E-state index is 11.6.